The summed E-state index contributed by atoms with van der Waals surface area (Å²) in [6.45, 7) is 6.75. The van der Waals surface area contributed by atoms with Crippen LogP contribution in [0.25, 0.3) is 0 Å². The van der Waals surface area contributed by atoms with Crippen LogP contribution in [0.1, 0.15) is 46.5 Å². The van der Waals surface area contributed by atoms with Crippen LogP contribution in [0.3, 0.4) is 0 Å². The third kappa shape index (κ3) is 5.38. The Bertz CT molecular complexity index is 330. The Balaban J connectivity index is 2.39. The second kappa shape index (κ2) is 5.70. The summed E-state index contributed by atoms with van der Waals surface area (Å²) in [5, 5.41) is 3.30. The normalized spacial score (nSPS) is 26.0. The van der Waals surface area contributed by atoms with Crippen LogP contribution in [-0.2, 0) is 9.84 Å². The van der Waals surface area contributed by atoms with Crippen LogP contribution in [0.4, 0.5) is 0 Å². The van der Waals surface area contributed by atoms with E-state index in [4.69, 9.17) is 0 Å². The summed E-state index contributed by atoms with van der Waals surface area (Å²) in [5.74, 6) is 1.09. The van der Waals surface area contributed by atoms with E-state index in [1.807, 2.05) is 7.05 Å². The van der Waals surface area contributed by atoms with Gasteiger partial charge in [-0.3, -0.25) is 0 Å². The van der Waals surface area contributed by atoms with E-state index >= 15 is 0 Å². The van der Waals surface area contributed by atoms with Crippen LogP contribution in [0.15, 0.2) is 0 Å². The molecule has 2 unspecified atom stereocenters. The molecule has 0 spiro atoms. The molecule has 0 aromatic heterocycles. The summed E-state index contributed by atoms with van der Waals surface area (Å²) in [6, 6.07) is 0.370. The molecule has 1 heterocycles. The van der Waals surface area contributed by atoms with Gasteiger partial charge in [-0.25, -0.2) is 8.42 Å². The highest BCUT2D eigenvalue weighted by atomic mass is 32.2. The number of sulfone groups is 1. The molecule has 17 heavy (non-hydrogen) atoms. The van der Waals surface area contributed by atoms with Gasteiger partial charge in [-0.15, -0.1) is 0 Å². The van der Waals surface area contributed by atoms with Gasteiger partial charge in [0.2, 0.25) is 0 Å². The summed E-state index contributed by atoms with van der Waals surface area (Å²) < 4.78 is 22.9. The molecule has 1 N–H and O–H groups in total. The second-order valence-electron chi connectivity index (χ2n) is 6.51. The average molecular weight is 261 g/mol. The van der Waals surface area contributed by atoms with Crippen LogP contribution >= 0.6 is 0 Å². The van der Waals surface area contributed by atoms with Crippen LogP contribution in [0, 0.1) is 11.3 Å². The first-order valence-corrected chi connectivity index (χ1v) is 8.43. The minimum atomic E-state index is -2.74. The molecule has 0 aliphatic carbocycles. The minimum absolute atomic E-state index is 0.324. The van der Waals surface area contributed by atoms with Crippen molar-refractivity contribution in [3.05, 3.63) is 0 Å². The second-order valence-corrected chi connectivity index (χ2v) is 8.74. The van der Waals surface area contributed by atoms with Crippen molar-refractivity contribution in [1.29, 1.82) is 0 Å². The molecule has 0 saturated carbocycles. The largest absolute Gasteiger partial charge is 0.317 e. The van der Waals surface area contributed by atoms with E-state index < -0.39 is 9.84 Å². The molecule has 0 aromatic rings. The van der Waals surface area contributed by atoms with E-state index in [0.717, 1.165) is 12.8 Å². The van der Waals surface area contributed by atoms with E-state index in [2.05, 4.69) is 26.1 Å². The topological polar surface area (TPSA) is 46.2 Å². The van der Waals surface area contributed by atoms with Crippen molar-refractivity contribution in [2.24, 2.45) is 11.3 Å². The van der Waals surface area contributed by atoms with E-state index in [-0.39, 0.29) is 0 Å². The van der Waals surface area contributed by atoms with Gasteiger partial charge in [0.1, 0.15) is 0 Å². The zero-order chi connectivity index (χ0) is 13.1. The third-order valence-corrected chi connectivity index (χ3v) is 5.44. The molecular formula is C13H27NO2S. The van der Waals surface area contributed by atoms with Crippen LogP contribution < -0.4 is 5.32 Å². The fourth-order valence-corrected chi connectivity index (χ4v) is 4.49. The number of hydrogen-bond donors (Lipinski definition) is 1. The molecule has 0 amide bonds. The molecule has 2 atom stereocenters. The Kier molecular flexibility index (Phi) is 5.02. The molecule has 0 aromatic carbocycles. The molecule has 4 heteroatoms. The molecule has 0 bridgehead atoms. The standard InChI is InChI=1S/C13H27NO2S/c1-13(2,3)8-5-6-12(14-4)11-7-9-17(15,16)10-11/h11-12,14H,5-10H2,1-4H3. The Morgan fingerprint density at radius 2 is 2.00 bits per heavy atom. The van der Waals surface area contributed by atoms with Gasteiger partial charge in [-0.05, 0) is 37.6 Å². The van der Waals surface area contributed by atoms with Crippen LogP contribution in [-0.4, -0.2) is 33.0 Å². The summed E-state index contributed by atoms with van der Waals surface area (Å²) in [6.07, 6.45) is 4.30. The fraction of sp³-hybridized carbons (Fsp3) is 1.00. The van der Waals surface area contributed by atoms with Crippen LogP contribution in [0.2, 0.25) is 0 Å². The Morgan fingerprint density at radius 3 is 2.41 bits per heavy atom. The van der Waals surface area contributed by atoms with Gasteiger partial charge in [-0.1, -0.05) is 27.2 Å². The maximum Gasteiger partial charge on any atom is 0.150 e. The Labute approximate surface area is 106 Å². The van der Waals surface area contributed by atoms with Crippen molar-refractivity contribution in [3.63, 3.8) is 0 Å². The number of rotatable bonds is 5. The molecule has 1 aliphatic heterocycles. The van der Waals surface area contributed by atoms with Crippen molar-refractivity contribution >= 4 is 9.84 Å². The lowest BCUT2D eigenvalue weighted by molar-refractivity contribution is 0.318. The maximum atomic E-state index is 11.5. The van der Waals surface area contributed by atoms with Crippen molar-refractivity contribution in [2.75, 3.05) is 18.6 Å². The first-order chi connectivity index (χ1) is 7.73. The summed E-state index contributed by atoms with van der Waals surface area (Å²) in [4.78, 5) is 0. The molecule has 1 aliphatic rings. The van der Waals surface area contributed by atoms with Crippen molar-refractivity contribution < 1.29 is 8.42 Å². The molecule has 1 rings (SSSR count). The zero-order valence-corrected chi connectivity index (χ0v) is 12.4. The smallest absolute Gasteiger partial charge is 0.150 e. The highest BCUT2D eigenvalue weighted by molar-refractivity contribution is 7.91. The lowest BCUT2D eigenvalue weighted by atomic mass is 9.87. The van der Waals surface area contributed by atoms with Gasteiger partial charge in [0.25, 0.3) is 0 Å². The average Bonchev–Trinajstić information content (AvgIpc) is 2.52. The lowest BCUT2D eigenvalue weighted by Gasteiger charge is -2.24. The SMILES string of the molecule is CNC(CCCC(C)(C)C)C1CCS(=O)(=O)C1. The van der Waals surface area contributed by atoms with Gasteiger partial charge >= 0.3 is 0 Å². The predicted octanol–water partition coefficient (Wildman–Crippen LogP) is 2.23. The van der Waals surface area contributed by atoms with E-state index in [9.17, 15) is 8.42 Å². The van der Waals surface area contributed by atoms with E-state index in [1.165, 1.54) is 12.8 Å². The minimum Gasteiger partial charge on any atom is -0.317 e. The highest BCUT2D eigenvalue weighted by Gasteiger charge is 2.32. The summed E-state index contributed by atoms with van der Waals surface area (Å²) in [5.41, 5.74) is 0.375. The molecule has 1 fully saturated rings. The Hall–Kier alpha value is -0.0900. The zero-order valence-electron chi connectivity index (χ0n) is 11.6. The van der Waals surface area contributed by atoms with Gasteiger partial charge in [-0.2, -0.15) is 0 Å². The first kappa shape index (κ1) is 15.0. The molecule has 3 nitrogen and oxygen atoms in total. The van der Waals surface area contributed by atoms with E-state index in [1.54, 1.807) is 0 Å². The Morgan fingerprint density at radius 1 is 1.35 bits per heavy atom. The molecule has 102 valence electrons. The fourth-order valence-electron chi connectivity index (χ4n) is 2.61. The van der Waals surface area contributed by atoms with Crippen LogP contribution in [0.5, 0.6) is 0 Å². The molecular weight excluding hydrogens is 234 g/mol. The number of nitrogens with one attached hydrogen (secondary N) is 1. The predicted molar refractivity (Wildman–Crippen MR) is 72.9 cm³/mol. The first-order valence-electron chi connectivity index (χ1n) is 6.61. The van der Waals surface area contributed by atoms with Gasteiger partial charge < -0.3 is 5.32 Å². The lowest BCUT2D eigenvalue weighted by Crippen LogP contribution is -2.34. The van der Waals surface area contributed by atoms with Crippen molar-refractivity contribution in [3.8, 4) is 0 Å². The molecule has 1 saturated heterocycles. The van der Waals surface area contributed by atoms with Gasteiger partial charge in [0, 0.05) is 6.04 Å². The monoisotopic (exact) mass is 261 g/mol. The quantitative estimate of drug-likeness (QED) is 0.825. The van der Waals surface area contributed by atoms with Crippen molar-refractivity contribution in [1.82, 2.24) is 5.32 Å². The summed E-state index contributed by atoms with van der Waals surface area (Å²) in [7, 11) is -0.793. The molecule has 0 radical (unpaired) electrons. The highest BCUT2D eigenvalue weighted by Crippen LogP contribution is 2.27. The maximum absolute atomic E-state index is 11.5. The van der Waals surface area contributed by atoms with Crippen molar-refractivity contribution in [2.45, 2.75) is 52.5 Å². The third-order valence-electron chi connectivity index (χ3n) is 3.65. The summed E-state index contributed by atoms with van der Waals surface area (Å²) >= 11 is 0. The van der Waals surface area contributed by atoms with Gasteiger partial charge in [0.05, 0.1) is 11.5 Å². The number of hydrogen-bond acceptors (Lipinski definition) is 3. The van der Waals surface area contributed by atoms with Gasteiger partial charge in [0.15, 0.2) is 9.84 Å². The van der Waals surface area contributed by atoms with E-state index in [0.29, 0.717) is 28.9 Å².